The van der Waals surface area contributed by atoms with E-state index in [2.05, 4.69) is 41.5 Å². The zero-order chi connectivity index (χ0) is 14.2. The molecule has 1 heterocycles. The Labute approximate surface area is 123 Å². The van der Waals surface area contributed by atoms with Crippen LogP contribution in [0.2, 0.25) is 0 Å². The molecule has 20 heavy (non-hydrogen) atoms. The van der Waals surface area contributed by atoms with E-state index in [1.165, 1.54) is 25.9 Å². The molecule has 1 fully saturated rings. The Morgan fingerprint density at radius 2 is 1.95 bits per heavy atom. The van der Waals surface area contributed by atoms with Gasteiger partial charge in [-0.3, -0.25) is 4.99 Å². The Balaban J connectivity index is 1.70. The number of hydrogen-bond acceptors (Lipinski definition) is 2. The fraction of sp³-hybridized carbons (Fsp3) is 0.812. The SMILES string of the molecule is CCNC(=NCCN1CCC(C)CC1)NC1CC=CC1. The number of guanidine groups is 1. The van der Waals surface area contributed by atoms with Crippen LogP contribution in [0.1, 0.15) is 39.5 Å². The molecule has 0 bridgehead atoms. The lowest BCUT2D eigenvalue weighted by Crippen LogP contribution is -2.43. The maximum absolute atomic E-state index is 4.72. The molecule has 114 valence electrons. The molecule has 1 aliphatic carbocycles. The molecule has 4 heteroatoms. The molecule has 0 saturated carbocycles. The first kappa shape index (κ1) is 15.4. The van der Waals surface area contributed by atoms with E-state index < -0.39 is 0 Å². The molecule has 2 N–H and O–H groups in total. The largest absolute Gasteiger partial charge is 0.357 e. The van der Waals surface area contributed by atoms with Crippen LogP contribution >= 0.6 is 0 Å². The predicted octanol–water partition coefficient (Wildman–Crippen LogP) is 1.99. The van der Waals surface area contributed by atoms with Crippen molar-refractivity contribution >= 4 is 5.96 Å². The Morgan fingerprint density at radius 3 is 2.60 bits per heavy atom. The van der Waals surface area contributed by atoms with E-state index in [4.69, 9.17) is 4.99 Å². The first-order valence-electron chi connectivity index (χ1n) is 8.20. The van der Waals surface area contributed by atoms with Crippen LogP contribution in [0, 0.1) is 5.92 Å². The van der Waals surface area contributed by atoms with Crippen LogP contribution < -0.4 is 10.6 Å². The van der Waals surface area contributed by atoms with Gasteiger partial charge in [0.05, 0.1) is 6.54 Å². The van der Waals surface area contributed by atoms with Gasteiger partial charge >= 0.3 is 0 Å². The minimum atomic E-state index is 0.531. The molecular weight excluding hydrogens is 248 g/mol. The van der Waals surface area contributed by atoms with Crippen LogP contribution in [0.4, 0.5) is 0 Å². The maximum Gasteiger partial charge on any atom is 0.191 e. The van der Waals surface area contributed by atoms with Gasteiger partial charge in [-0.1, -0.05) is 19.1 Å². The third kappa shape index (κ3) is 5.16. The van der Waals surface area contributed by atoms with Crippen LogP contribution in [0.15, 0.2) is 17.1 Å². The van der Waals surface area contributed by atoms with E-state index in [-0.39, 0.29) is 0 Å². The number of likely N-dealkylation sites (tertiary alicyclic amines) is 1. The van der Waals surface area contributed by atoms with E-state index in [1.807, 2.05) is 0 Å². The zero-order valence-corrected chi connectivity index (χ0v) is 13.1. The summed E-state index contributed by atoms with van der Waals surface area (Å²) in [5.41, 5.74) is 0. The molecule has 2 rings (SSSR count). The fourth-order valence-corrected chi connectivity index (χ4v) is 2.84. The minimum Gasteiger partial charge on any atom is -0.357 e. The molecule has 0 aromatic heterocycles. The van der Waals surface area contributed by atoms with Crippen molar-refractivity contribution in [3.05, 3.63) is 12.2 Å². The van der Waals surface area contributed by atoms with E-state index in [1.54, 1.807) is 0 Å². The molecule has 0 aromatic rings. The summed E-state index contributed by atoms with van der Waals surface area (Å²) < 4.78 is 0. The standard InChI is InChI=1S/C16H30N4/c1-3-17-16(19-15-6-4-5-7-15)18-10-13-20-11-8-14(2)9-12-20/h4-5,14-15H,3,6-13H2,1-2H3,(H2,17,18,19). The highest BCUT2D eigenvalue weighted by atomic mass is 15.2. The molecule has 0 atom stereocenters. The lowest BCUT2D eigenvalue weighted by molar-refractivity contribution is 0.197. The summed E-state index contributed by atoms with van der Waals surface area (Å²) >= 11 is 0. The van der Waals surface area contributed by atoms with Gasteiger partial charge in [0.25, 0.3) is 0 Å². The Bertz CT molecular complexity index is 321. The van der Waals surface area contributed by atoms with Gasteiger partial charge in [-0.15, -0.1) is 0 Å². The highest BCUT2D eigenvalue weighted by molar-refractivity contribution is 5.80. The molecule has 4 nitrogen and oxygen atoms in total. The van der Waals surface area contributed by atoms with Crippen molar-refractivity contribution in [2.75, 3.05) is 32.7 Å². The van der Waals surface area contributed by atoms with E-state index in [0.29, 0.717) is 6.04 Å². The average molecular weight is 278 g/mol. The molecule has 0 spiro atoms. The molecule has 1 aliphatic heterocycles. The number of piperidine rings is 1. The molecule has 0 amide bonds. The van der Waals surface area contributed by atoms with E-state index >= 15 is 0 Å². The summed E-state index contributed by atoms with van der Waals surface area (Å²) in [5.74, 6) is 1.88. The Morgan fingerprint density at radius 1 is 1.25 bits per heavy atom. The number of nitrogens with zero attached hydrogens (tertiary/aromatic N) is 2. The molecule has 2 aliphatic rings. The molecule has 0 unspecified atom stereocenters. The third-order valence-corrected chi connectivity index (χ3v) is 4.26. The second kappa shape index (κ2) is 8.30. The Hall–Kier alpha value is -1.03. The van der Waals surface area contributed by atoms with Gasteiger partial charge in [0.1, 0.15) is 0 Å². The van der Waals surface area contributed by atoms with Gasteiger partial charge < -0.3 is 15.5 Å². The first-order valence-corrected chi connectivity index (χ1v) is 8.20. The van der Waals surface area contributed by atoms with Gasteiger partial charge in [0.15, 0.2) is 5.96 Å². The second-order valence-corrected chi connectivity index (χ2v) is 6.07. The minimum absolute atomic E-state index is 0.531. The second-order valence-electron chi connectivity index (χ2n) is 6.07. The molecular formula is C16H30N4. The monoisotopic (exact) mass is 278 g/mol. The molecule has 0 radical (unpaired) electrons. The maximum atomic E-state index is 4.72. The number of hydrogen-bond donors (Lipinski definition) is 2. The van der Waals surface area contributed by atoms with Crippen molar-refractivity contribution in [3.8, 4) is 0 Å². The number of aliphatic imine (C=N–C) groups is 1. The zero-order valence-electron chi connectivity index (χ0n) is 13.1. The number of rotatable bonds is 5. The van der Waals surface area contributed by atoms with Crippen molar-refractivity contribution in [2.24, 2.45) is 10.9 Å². The van der Waals surface area contributed by atoms with Gasteiger partial charge in [-0.2, -0.15) is 0 Å². The first-order chi connectivity index (χ1) is 9.78. The summed E-state index contributed by atoms with van der Waals surface area (Å²) in [6.07, 6.45) is 9.42. The summed E-state index contributed by atoms with van der Waals surface area (Å²) in [7, 11) is 0. The quantitative estimate of drug-likeness (QED) is 0.459. The van der Waals surface area contributed by atoms with Crippen molar-refractivity contribution in [2.45, 2.75) is 45.6 Å². The van der Waals surface area contributed by atoms with Crippen molar-refractivity contribution in [1.82, 2.24) is 15.5 Å². The van der Waals surface area contributed by atoms with Crippen LogP contribution in [0.5, 0.6) is 0 Å². The van der Waals surface area contributed by atoms with Crippen molar-refractivity contribution in [3.63, 3.8) is 0 Å². The summed E-state index contributed by atoms with van der Waals surface area (Å²) in [5, 5.41) is 6.87. The van der Waals surface area contributed by atoms with Crippen molar-refractivity contribution < 1.29 is 0 Å². The fourth-order valence-electron chi connectivity index (χ4n) is 2.84. The molecule has 0 aromatic carbocycles. The Kier molecular flexibility index (Phi) is 6.37. The van der Waals surface area contributed by atoms with Crippen LogP contribution in [0.25, 0.3) is 0 Å². The van der Waals surface area contributed by atoms with Gasteiger partial charge in [-0.25, -0.2) is 0 Å². The van der Waals surface area contributed by atoms with Crippen LogP contribution in [-0.2, 0) is 0 Å². The van der Waals surface area contributed by atoms with E-state index in [9.17, 15) is 0 Å². The average Bonchev–Trinajstić information content (AvgIpc) is 2.94. The lowest BCUT2D eigenvalue weighted by atomic mass is 9.99. The smallest absolute Gasteiger partial charge is 0.191 e. The van der Waals surface area contributed by atoms with Gasteiger partial charge in [-0.05, 0) is 51.6 Å². The summed E-state index contributed by atoms with van der Waals surface area (Å²) in [4.78, 5) is 7.26. The molecule has 1 saturated heterocycles. The number of nitrogens with one attached hydrogen (secondary N) is 2. The van der Waals surface area contributed by atoms with Gasteiger partial charge in [0.2, 0.25) is 0 Å². The van der Waals surface area contributed by atoms with Gasteiger partial charge in [0, 0.05) is 19.1 Å². The predicted molar refractivity (Wildman–Crippen MR) is 86.1 cm³/mol. The van der Waals surface area contributed by atoms with Crippen LogP contribution in [-0.4, -0.2) is 49.6 Å². The lowest BCUT2D eigenvalue weighted by Gasteiger charge is -2.29. The third-order valence-electron chi connectivity index (χ3n) is 4.26. The van der Waals surface area contributed by atoms with E-state index in [0.717, 1.165) is 44.4 Å². The highest BCUT2D eigenvalue weighted by Gasteiger charge is 2.15. The topological polar surface area (TPSA) is 39.7 Å². The highest BCUT2D eigenvalue weighted by Crippen LogP contribution is 2.15. The van der Waals surface area contributed by atoms with Crippen molar-refractivity contribution in [1.29, 1.82) is 0 Å². The normalized spacial score (nSPS) is 22.4. The summed E-state index contributed by atoms with van der Waals surface area (Å²) in [6, 6.07) is 0.531. The van der Waals surface area contributed by atoms with Crippen LogP contribution in [0.3, 0.4) is 0 Å². The summed E-state index contributed by atoms with van der Waals surface area (Å²) in [6.45, 7) is 9.87.